The topological polar surface area (TPSA) is 94.2 Å². The lowest BCUT2D eigenvalue weighted by Crippen LogP contribution is -2.50. The van der Waals surface area contributed by atoms with Crippen molar-refractivity contribution in [2.75, 3.05) is 27.3 Å². The SMILES string of the molecule is CN(CCC(=O)O)Cc1cc(C(F)(F)F)c2cn(C3CCCC([C@@H](C4CCC4)C4NNCN4C)C3)c(=O)n2c1. The highest BCUT2D eigenvalue weighted by atomic mass is 19.4. The summed E-state index contributed by atoms with van der Waals surface area (Å²) in [6.45, 7) is 1.06. The number of aliphatic carboxylic acids is 1. The van der Waals surface area contributed by atoms with E-state index in [1.54, 1.807) is 11.9 Å². The third-order valence-electron chi connectivity index (χ3n) is 9.05. The number of nitrogens with zero attached hydrogens (tertiary/aromatic N) is 4. The number of carbonyl (C=O) groups is 1. The second kappa shape index (κ2) is 11.2. The van der Waals surface area contributed by atoms with Crippen LogP contribution in [0.15, 0.2) is 23.3 Å². The molecule has 1 aliphatic heterocycles. The van der Waals surface area contributed by atoms with Crippen molar-refractivity contribution >= 4 is 11.5 Å². The fourth-order valence-electron chi connectivity index (χ4n) is 6.92. The third-order valence-corrected chi connectivity index (χ3v) is 9.05. The van der Waals surface area contributed by atoms with Gasteiger partial charge < -0.3 is 10.0 Å². The quantitative estimate of drug-likeness (QED) is 0.439. The smallest absolute Gasteiger partial charge is 0.418 e. The molecule has 3 aliphatic rings. The Morgan fingerprint density at radius 2 is 1.90 bits per heavy atom. The van der Waals surface area contributed by atoms with Gasteiger partial charge in [0.25, 0.3) is 0 Å². The van der Waals surface area contributed by atoms with Gasteiger partial charge in [0.15, 0.2) is 0 Å². The van der Waals surface area contributed by atoms with E-state index in [1.165, 1.54) is 36.2 Å². The van der Waals surface area contributed by atoms with Crippen LogP contribution in [0.2, 0.25) is 0 Å². The van der Waals surface area contributed by atoms with E-state index in [4.69, 9.17) is 5.11 Å². The number of fused-ring (bicyclic) bond motifs is 1. The first-order valence-corrected chi connectivity index (χ1v) is 13.9. The zero-order chi connectivity index (χ0) is 27.9. The molecule has 5 rings (SSSR count). The molecule has 2 aliphatic carbocycles. The van der Waals surface area contributed by atoms with Crippen LogP contribution in [0, 0.1) is 17.8 Å². The number of hydrazine groups is 1. The summed E-state index contributed by atoms with van der Waals surface area (Å²) in [6.07, 6.45) is 5.51. The minimum absolute atomic E-state index is 0.106. The highest BCUT2D eigenvalue weighted by molar-refractivity contribution is 5.66. The van der Waals surface area contributed by atoms with Crippen LogP contribution in [0.5, 0.6) is 0 Å². The first kappa shape index (κ1) is 28.1. The highest BCUT2D eigenvalue weighted by Crippen LogP contribution is 2.46. The lowest BCUT2D eigenvalue weighted by atomic mass is 9.65. The Balaban J connectivity index is 1.44. The molecule has 0 radical (unpaired) electrons. The van der Waals surface area contributed by atoms with E-state index in [0.29, 0.717) is 23.3 Å². The monoisotopic (exact) mass is 552 g/mol. The lowest BCUT2D eigenvalue weighted by Gasteiger charge is -2.46. The molecule has 0 bridgehead atoms. The Morgan fingerprint density at radius 3 is 2.51 bits per heavy atom. The standard InChI is InChI=1S/C27H39F3N6O3/c1-33(10-9-23(37)38)13-17-11-21(27(28,29)30)22-15-35(26(39)36(22)14-17)20-8-4-7-19(12-20)24(18-5-3-6-18)25-32-31-16-34(25)2/h11,14-15,18-20,24-25,31-32H,3-10,12-13,16H2,1-2H3,(H,37,38)/t19?,20?,24-,25?/m1/s1. The number of alkyl halides is 3. The molecule has 3 N–H and O–H groups in total. The summed E-state index contributed by atoms with van der Waals surface area (Å²) >= 11 is 0. The Morgan fingerprint density at radius 1 is 1.18 bits per heavy atom. The maximum absolute atomic E-state index is 14.2. The van der Waals surface area contributed by atoms with Crippen LogP contribution in [-0.4, -0.2) is 63.3 Å². The van der Waals surface area contributed by atoms with Crippen LogP contribution in [0.3, 0.4) is 0 Å². The summed E-state index contributed by atoms with van der Waals surface area (Å²) in [5.74, 6) is 0.451. The molecule has 2 aromatic rings. The van der Waals surface area contributed by atoms with E-state index in [0.717, 1.165) is 42.8 Å². The van der Waals surface area contributed by atoms with E-state index < -0.39 is 23.4 Å². The van der Waals surface area contributed by atoms with Crippen LogP contribution >= 0.6 is 0 Å². The van der Waals surface area contributed by atoms with Crippen molar-refractivity contribution in [3.8, 4) is 0 Å². The average molecular weight is 553 g/mol. The fraction of sp³-hybridized carbons (Fsp3) is 0.704. The Hall–Kier alpha value is -2.41. The van der Waals surface area contributed by atoms with Crippen LogP contribution in [0.25, 0.3) is 5.52 Å². The summed E-state index contributed by atoms with van der Waals surface area (Å²) in [4.78, 5) is 28.4. The van der Waals surface area contributed by atoms with Gasteiger partial charge in [-0.1, -0.05) is 25.7 Å². The van der Waals surface area contributed by atoms with Gasteiger partial charge in [0.1, 0.15) is 0 Å². The molecule has 4 atom stereocenters. The molecule has 0 spiro atoms. The normalized spacial score (nSPS) is 25.8. The summed E-state index contributed by atoms with van der Waals surface area (Å²) in [5, 5.41) is 8.93. The van der Waals surface area contributed by atoms with Gasteiger partial charge in [-0.05, 0) is 62.7 Å². The first-order valence-electron chi connectivity index (χ1n) is 13.9. The second-order valence-electron chi connectivity index (χ2n) is 11.7. The zero-order valence-electron chi connectivity index (χ0n) is 22.6. The van der Waals surface area contributed by atoms with Gasteiger partial charge in [0.05, 0.1) is 30.3 Å². The molecular weight excluding hydrogens is 513 g/mol. The maximum atomic E-state index is 14.2. The number of aromatic nitrogens is 2. The minimum Gasteiger partial charge on any atom is -0.481 e. The van der Waals surface area contributed by atoms with Crippen molar-refractivity contribution in [1.82, 2.24) is 29.6 Å². The maximum Gasteiger partial charge on any atom is 0.418 e. The van der Waals surface area contributed by atoms with Crippen molar-refractivity contribution < 1.29 is 23.1 Å². The van der Waals surface area contributed by atoms with Crippen LogP contribution < -0.4 is 16.5 Å². The number of carboxylic acids is 1. The van der Waals surface area contributed by atoms with Crippen molar-refractivity contribution in [3.05, 3.63) is 40.1 Å². The number of halogens is 3. The number of pyridine rings is 1. The van der Waals surface area contributed by atoms with Crippen molar-refractivity contribution in [1.29, 1.82) is 0 Å². The summed E-state index contributed by atoms with van der Waals surface area (Å²) in [7, 11) is 3.76. The first-order chi connectivity index (χ1) is 18.5. The van der Waals surface area contributed by atoms with Gasteiger partial charge in [-0.15, -0.1) is 0 Å². The van der Waals surface area contributed by atoms with Crippen molar-refractivity contribution in [2.24, 2.45) is 17.8 Å². The number of hydrogen-bond acceptors (Lipinski definition) is 6. The Kier molecular flexibility index (Phi) is 8.10. The Labute approximate surface area is 225 Å². The highest BCUT2D eigenvalue weighted by Gasteiger charge is 2.43. The molecule has 2 aromatic heterocycles. The lowest BCUT2D eigenvalue weighted by molar-refractivity contribution is -0.137. The van der Waals surface area contributed by atoms with E-state index in [9.17, 15) is 22.8 Å². The molecule has 2 saturated carbocycles. The summed E-state index contributed by atoms with van der Waals surface area (Å²) in [6, 6.07) is 0.933. The molecule has 3 heterocycles. The molecule has 0 aromatic carbocycles. The largest absolute Gasteiger partial charge is 0.481 e. The van der Waals surface area contributed by atoms with Gasteiger partial charge >= 0.3 is 17.8 Å². The van der Waals surface area contributed by atoms with Crippen LogP contribution in [0.4, 0.5) is 13.2 Å². The molecule has 3 unspecified atom stereocenters. The second-order valence-corrected chi connectivity index (χ2v) is 11.7. The van der Waals surface area contributed by atoms with Gasteiger partial charge in [-0.2, -0.15) is 13.2 Å². The number of carboxylic acid groups (broad SMARTS) is 1. The van der Waals surface area contributed by atoms with E-state index in [2.05, 4.69) is 22.8 Å². The van der Waals surface area contributed by atoms with Gasteiger partial charge in [-0.3, -0.25) is 18.7 Å². The number of hydrogen-bond donors (Lipinski definition) is 3. The average Bonchev–Trinajstić information content (AvgIpc) is 3.42. The Bertz CT molecular complexity index is 1240. The molecule has 9 nitrogen and oxygen atoms in total. The predicted molar refractivity (Wildman–Crippen MR) is 140 cm³/mol. The number of nitrogens with one attached hydrogen (secondary N) is 2. The number of rotatable bonds is 9. The van der Waals surface area contributed by atoms with E-state index in [1.807, 2.05) is 0 Å². The summed E-state index contributed by atoms with van der Waals surface area (Å²) in [5.41, 5.74) is 5.58. The molecular formula is C27H39F3N6O3. The third kappa shape index (κ3) is 5.89. The molecule has 12 heteroatoms. The minimum atomic E-state index is -4.63. The van der Waals surface area contributed by atoms with Gasteiger partial charge in [-0.25, -0.2) is 15.6 Å². The van der Waals surface area contributed by atoms with Crippen LogP contribution in [-0.2, 0) is 17.5 Å². The fourth-order valence-corrected chi connectivity index (χ4v) is 6.92. The van der Waals surface area contributed by atoms with Crippen molar-refractivity contribution in [2.45, 2.75) is 76.3 Å². The predicted octanol–water partition coefficient (Wildman–Crippen LogP) is 3.50. The molecule has 39 heavy (non-hydrogen) atoms. The summed E-state index contributed by atoms with van der Waals surface area (Å²) < 4.78 is 45.1. The van der Waals surface area contributed by atoms with Gasteiger partial charge in [0, 0.05) is 31.5 Å². The molecule has 216 valence electrons. The van der Waals surface area contributed by atoms with E-state index >= 15 is 0 Å². The van der Waals surface area contributed by atoms with Gasteiger partial charge in [0.2, 0.25) is 0 Å². The van der Waals surface area contributed by atoms with Crippen LogP contribution in [0.1, 0.15) is 68.5 Å². The van der Waals surface area contributed by atoms with Crippen molar-refractivity contribution in [3.63, 3.8) is 0 Å². The number of imidazole rings is 1. The van der Waals surface area contributed by atoms with E-state index in [-0.39, 0.29) is 37.2 Å². The molecule has 0 amide bonds. The molecule has 1 saturated heterocycles. The zero-order valence-corrected chi connectivity index (χ0v) is 22.6. The molecule has 3 fully saturated rings.